The van der Waals surface area contributed by atoms with Gasteiger partial charge in [0.15, 0.2) is 0 Å². The molecule has 1 atom stereocenters. The summed E-state index contributed by atoms with van der Waals surface area (Å²) in [5.74, 6) is -1.18. The lowest BCUT2D eigenvalue weighted by atomic mass is 10.1. The summed E-state index contributed by atoms with van der Waals surface area (Å²) < 4.78 is 1.80. The normalized spacial score (nSPS) is 12.1. The molecule has 0 aliphatic carbocycles. The summed E-state index contributed by atoms with van der Waals surface area (Å²) in [6, 6.07) is 13.5. The van der Waals surface area contributed by atoms with E-state index in [0.717, 1.165) is 16.5 Å². The van der Waals surface area contributed by atoms with Gasteiger partial charge in [-0.15, -0.1) is 0 Å². The van der Waals surface area contributed by atoms with Crippen molar-refractivity contribution in [1.29, 1.82) is 0 Å². The van der Waals surface area contributed by atoms with Crippen molar-refractivity contribution in [2.45, 2.75) is 13.0 Å². The second-order valence-corrected chi connectivity index (χ2v) is 6.35. The molecule has 0 bridgehead atoms. The quantitative estimate of drug-likeness (QED) is 0.741. The van der Waals surface area contributed by atoms with Crippen LogP contribution in [0.4, 0.5) is 0 Å². The number of hydrogen-bond donors (Lipinski definition) is 2. The number of amides is 1. The van der Waals surface area contributed by atoms with Gasteiger partial charge >= 0.3 is 5.97 Å². The summed E-state index contributed by atoms with van der Waals surface area (Å²) in [5.41, 5.74) is 2.47. The van der Waals surface area contributed by atoms with E-state index in [1.165, 1.54) is 12.1 Å². The Morgan fingerprint density at radius 3 is 2.44 bits per heavy atom. The van der Waals surface area contributed by atoms with Crippen molar-refractivity contribution >= 4 is 34.4 Å². The smallest absolute Gasteiger partial charge is 0.335 e. The second-order valence-electron chi connectivity index (χ2n) is 5.91. The number of carbonyl (C=O) groups is 2. The average molecular weight is 357 g/mol. The first-order chi connectivity index (χ1) is 11.9. The molecular formula is C19H17ClN2O3. The Kier molecular flexibility index (Phi) is 4.51. The fraction of sp³-hybridized carbons (Fsp3) is 0.158. The minimum Gasteiger partial charge on any atom is -0.478 e. The predicted molar refractivity (Wildman–Crippen MR) is 97.2 cm³/mol. The molecule has 0 saturated carbocycles. The molecule has 0 fully saturated rings. The third kappa shape index (κ3) is 3.37. The third-order valence-corrected chi connectivity index (χ3v) is 4.48. The Balaban J connectivity index is 1.82. The van der Waals surface area contributed by atoms with Crippen LogP contribution >= 0.6 is 11.6 Å². The van der Waals surface area contributed by atoms with Crippen molar-refractivity contribution < 1.29 is 14.7 Å². The predicted octanol–water partition coefficient (Wildman–Crippen LogP) is 4.02. The van der Waals surface area contributed by atoms with Gasteiger partial charge in [-0.2, -0.15) is 0 Å². The zero-order chi connectivity index (χ0) is 18.1. The molecule has 2 N–H and O–H groups in total. The van der Waals surface area contributed by atoms with Crippen molar-refractivity contribution in [1.82, 2.24) is 9.88 Å². The lowest BCUT2D eigenvalue weighted by Gasteiger charge is -2.15. The molecule has 3 aromatic rings. The molecule has 0 aliphatic rings. The Morgan fingerprint density at radius 1 is 1.12 bits per heavy atom. The Bertz CT molecular complexity index is 961. The van der Waals surface area contributed by atoms with E-state index in [1.807, 2.05) is 32.2 Å². The van der Waals surface area contributed by atoms with Crippen LogP contribution in [-0.4, -0.2) is 21.6 Å². The maximum atomic E-state index is 12.6. The summed E-state index contributed by atoms with van der Waals surface area (Å²) in [7, 11) is 1.82. The van der Waals surface area contributed by atoms with Gasteiger partial charge in [-0.05, 0) is 42.8 Å². The van der Waals surface area contributed by atoms with Crippen LogP contribution in [0.5, 0.6) is 0 Å². The van der Waals surface area contributed by atoms with E-state index in [0.29, 0.717) is 10.7 Å². The summed E-state index contributed by atoms with van der Waals surface area (Å²) >= 11 is 6.02. The molecule has 1 heterocycles. The SMILES string of the molecule is C[C@H](NC(=O)c1cc2ccc(Cl)cc2n1C)c1ccc(C(=O)O)cc1. The van der Waals surface area contributed by atoms with Gasteiger partial charge in [-0.1, -0.05) is 29.8 Å². The molecule has 0 radical (unpaired) electrons. The number of carboxylic acid groups (broad SMARTS) is 1. The van der Waals surface area contributed by atoms with Crippen molar-refractivity contribution in [2.24, 2.45) is 7.05 Å². The number of fused-ring (bicyclic) bond motifs is 1. The molecule has 128 valence electrons. The van der Waals surface area contributed by atoms with Crippen molar-refractivity contribution in [3.05, 3.63) is 70.4 Å². The Morgan fingerprint density at radius 2 is 1.80 bits per heavy atom. The van der Waals surface area contributed by atoms with Crippen molar-refractivity contribution in [3.8, 4) is 0 Å². The van der Waals surface area contributed by atoms with E-state index in [4.69, 9.17) is 16.7 Å². The number of hydrogen-bond acceptors (Lipinski definition) is 2. The average Bonchev–Trinajstić information content (AvgIpc) is 2.91. The molecule has 6 heteroatoms. The van der Waals surface area contributed by atoms with Gasteiger partial charge < -0.3 is 15.0 Å². The number of aromatic carboxylic acids is 1. The highest BCUT2D eigenvalue weighted by molar-refractivity contribution is 6.31. The molecule has 5 nitrogen and oxygen atoms in total. The van der Waals surface area contributed by atoms with Crippen LogP contribution in [0.3, 0.4) is 0 Å². The van der Waals surface area contributed by atoms with E-state index >= 15 is 0 Å². The highest BCUT2D eigenvalue weighted by Crippen LogP contribution is 2.23. The largest absolute Gasteiger partial charge is 0.478 e. The molecule has 1 aromatic heterocycles. The third-order valence-electron chi connectivity index (χ3n) is 4.25. The molecule has 25 heavy (non-hydrogen) atoms. The van der Waals surface area contributed by atoms with Crippen LogP contribution in [0.2, 0.25) is 5.02 Å². The number of nitrogens with one attached hydrogen (secondary N) is 1. The van der Waals surface area contributed by atoms with Crippen LogP contribution in [-0.2, 0) is 7.05 Å². The minimum absolute atomic E-state index is 0.204. The first-order valence-corrected chi connectivity index (χ1v) is 8.13. The first kappa shape index (κ1) is 17.0. The Hall–Kier alpha value is -2.79. The zero-order valence-corrected chi connectivity index (χ0v) is 14.5. The van der Waals surface area contributed by atoms with Crippen molar-refractivity contribution in [2.75, 3.05) is 0 Å². The molecular weight excluding hydrogens is 340 g/mol. The summed E-state index contributed by atoms with van der Waals surface area (Å²) in [5, 5.41) is 13.4. The fourth-order valence-corrected chi connectivity index (χ4v) is 2.96. The number of carbonyl (C=O) groups excluding carboxylic acids is 1. The zero-order valence-electron chi connectivity index (χ0n) is 13.8. The number of halogens is 1. The van der Waals surface area contributed by atoms with E-state index in [2.05, 4.69) is 5.32 Å². The van der Waals surface area contributed by atoms with E-state index in [-0.39, 0.29) is 17.5 Å². The lowest BCUT2D eigenvalue weighted by molar-refractivity contribution is 0.0696. The molecule has 0 aliphatic heterocycles. The molecule has 3 rings (SSSR count). The van der Waals surface area contributed by atoms with Crippen LogP contribution in [0, 0.1) is 0 Å². The highest BCUT2D eigenvalue weighted by Gasteiger charge is 2.16. The van der Waals surface area contributed by atoms with Crippen molar-refractivity contribution in [3.63, 3.8) is 0 Å². The van der Waals surface area contributed by atoms with Gasteiger partial charge in [0, 0.05) is 23.0 Å². The standard InChI is InChI=1S/C19H17ClN2O3/c1-11(12-3-5-13(6-4-12)19(24)25)21-18(23)17-9-14-7-8-15(20)10-16(14)22(17)2/h3-11H,1-2H3,(H,21,23)(H,24,25)/t11-/m0/s1. The van der Waals surface area contributed by atoms with Crippen LogP contribution in [0.15, 0.2) is 48.5 Å². The topological polar surface area (TPSA) is 71.3 Å². The highest BCUT2D eigenvalue weighted by atomic mass is 35.5. The fourth-order valence-electron chi connectivity index (χ4n) is 2.79. The number of nitrogens with zero attached hydrogens (tertiary/aromatic N) is 1. The molecule has 2 aromatic carbocycles. The first-order valence-electron chi connectivity index (χ1n) is 7.76. The van der Waals surface area contributed by atoms with Crippen LogP contribution < -0.4 is 5.32 Å². The van der Waals surface area contributed by atoms with Gasteiger partial charge in [0.1, 0.15) is 5.69 Å². The van der Waals surface area contributed by atoms with Gasteiger partial charge in [-0.25, -0.2) is 4.79 Å². The number of aryl methyl sites for hydroxylation is 1. The van der Waals surface area contributed by atoms with E-state index < -0.39 is 5.97 Å². The molecule has 1 amide bonds. The van der Waals surface area contributed by atoms with Gasteiger partial charge in [-0.3, -0.25) is 4.79 Å². The molecule has 0 unspecified atom stereocenters. The summed E-state index contributed by atoms with van der Waals surface area (Å²) in [4.78, 5) is 23.5. The van der Waals surface area contributed by atoms with Gasteiger partial charge in [0.25, 0.3) is 5.91 Å². The number of rotatable bonds is 4. The monoisotopic (exact) mass is 356 g/mol. The second kappa shape index (κ2) is 6.61. The van der Waals surface area contributed by atoms with Gasteiger partial charge in [0.05, 0.1) is 11.6 Å². The summed E-state index contributed by atoms with van der Waals surface area (Å²) in [6.07, 6.45) is 0. The number of benzene rings is 2. The lowest BCUT2D eigenvalue weighted by Crippen LogP contribution is -2.28. The molecule has 0 saturated heterocycles. The summed E-state index contributed by atoms with van der Waals surface area (Å²) in [6.45, 7) is 1.85. The molecule has 0 spiro atoms. The number of carboxylic acids is 1. The Labute approximate surface area is 149 Å². The van der Waals surface area contributed by atoms with Gasteiger partial charge in [0.2, 0.25) is 0 Å². The van der Waals surface area contributed by atoms with Crippen LogP contribution in [0.25, 0.3) is 10.9 Å². The van der Waals surface area contributed by atoms with E-state index in [9.17, 15) is 9.59 Å². The minimum atomic E-state index is -0.975. The maximum Gasteiger partial charge on any atom is 0.335 e. The van der Waals surface area contributed by atoms with Crippen LogP contribution in [0.1, 0.15) is 39.4 Å². The maximum absolute atomic E-state index is 12.6. The number of aromatic nitrogens is 1. The van der Waals surface area contributed by atoms with E-state index in [1.54, 1.807) is 22.8 Å².